The average molecular weight is 250 g/mol. The topological polar surface area (TPSA) is 30.0 Å². The highest BCUT2D eigenvalue weighted by molar-refractivity contribution is 6.30. The number of hydrogen-bond acceptors (Lipinski definition) is 2. The summed E-state index contributed by atoms with van der Waals surface area (Å²) in [5.74, 6) is -0.453. The summed E-state index contributed by atoms with van der Waals surface area (Å²) in [6.45, 7) is 1.78. The van der Waals surface area contributed by atoms with E-state index < -0.39 is 5.82 Å². The molecule has 0 N–H and O–H groups in total. The van der Waals surface area contributed by atoms with E-state index in [9.17, 15) is 9.18 Å². The van der Waals surface area contributed by atoms with Crippen LogP contribution in [0, 0.1) is 12.7 Å². The number of halogens is 2. The minimum Gasteiger partial charge on any atom is -0.298 e. The largest absolute Gasteiger partial charge is 0.298 e. The summed E-state index contributed by atoms with van der Waals surface area (Å²) >= 11 is 5.69. The summed E-state index contributed by atoms with van der Waals surface area (Å²) in [4.78, 5) is 14.9. The molecule has 0 spiro atoms. The Morgan fingerprint density at radius 1 is 1.29 bits per heavy atom. The number of aldehydes is 1. The molecule has 2 rings (SSSR count). The molecular weight excluding hydrogens is 241 g/mol. The number of hydrogen-bond donors (Lipinski definition) is 0. The Morgan fingerprint density at radius 3 is 2.71 bits per heavy atom. The first kappa shape index (κ1) is 11.7. The monoisotopic (exact) mass is 249 g/mol. The van der Waals surface area contributed by atoms with E-state index in [0.717, 1.165) is 5.69 Å². The molecule has 4 heteroatoms. The molecule has 1 heterocycles. The third-order valence-corrected chi connectivity index (χ3v) is 2.65. The maximum absolute atomic E-state index is 13.8. The number of nitrogens with zero attached hydrogens (tertiary/aromatic N) is 1. The zero-order chi connectivity index (χ0) is 12.4. The van der Waals surface area contributed by atoms with Crippen LogP contribution in [0.3, 0.4) is 0 Å². The second-order valence-electron chi connectivity index (χ2n) is 3.65. The van der Waals surface area contributed by atoms with E-state index in [1.54, 1.807) is 25.1 Å². The van der Waals surface area contributed by atoms with Gasteiger partial charge in [0.15, 0.2) is 6.29 Å². The van der Waals surface area contributed by atoms with Crippen LogP contribution in [0.4, 0.5) is 4.39 Å². The number of benzene rings is 1. The normalized spacial score (nSPS) is 10.3. The van der Waals surface area contributed by atoms with Crippen LogP contribution in [0.1, 0.15) is 16.1 Å². The van der Waals surface area contributed by atoms with Crippen molar-refractivity contribution in [1.29, 1.82) is 0 Å². The summed E-state index contributed by atoms with van der Waals surface area (Å²) in [6.07, 6.45) is 2.10. The minimum absolute atomic E-state index is 0.324. The summed E-state index contributed by atoms with van der Waals surface area (Å²) < 4.78 is 13.8. The number of pyridine rings is 1. The highest BCUT2D eigenvalue weighted by Crippen LogP contribution is 2.27. The highest BCUT2D eigenvalue weighted by Gasteiger charge is 2.10. The van der Waals surface area contributed by atoms with Crippen LogP contribution < -0.4 is 0 Å². The van der Waals surface area contributed by atoms with Crippen molar-refractivity contribution >= 4 is 17.9 Å². The van der Waals surface area contributed by atoms with Crippen LogP contribution in [0.25, 0.3) is 11.1 Å². The van der Waals surface area contributed by atoms with Crippen molar-refractivity contribution in [2.45, 2.75) is 6.92 Å². The van der Waals surface area contributed by atoms with Crippen LogP contribution in [0.5, 0.6) is 0 Å². The predicted octanol–water partition coefficient (Wildman–Crippen LogP) is 3.66. The second-order valence-corrected chi connectivity index (χ2v) is 4.09. The lowest BCUT2D eigenvalue weighted by Gasteiger charge is -2.07. The van der Waals surface area contributed by atoms with Gasteiger partial charge in [-0.3, -0.25) is 9.78 Å². The number of aromatic nitrogens is 1. The van der Waals surface area contributed by atoms with Gasteiger partial charge in [0.05, 0.1) is 0 Å². The van der Waals surface area contributed by atoms with Gasteiger partial charge in [-0.15, -0.1) is 0 Å². The molecule has 0 unspecified atom stereocenters. The Hall–Kier alpha value is -1.74. The van der Waals surface area contributed by atoms with Gasteiger partial charge in [0.25, 0.3) is 0 Å². The SMILES string of the molecule is Cc1cc(-c2ccc(Cl)cc2F)c(C=O)cn1. The zero-order valence-electron chi connectivity index (χ0n) is 9.08. The maximum atomic E-state index is 13.8. The van der Waals surface area contributed by atoms with Gasteiger partial charge < -0.3 is 0 Å². The minimum atomic E-state index is -0.453. The number of carbonyl (C=O) groups excluding carboxylic acids is 1. The smallest absolute Gasteiger partial charge is 0.152 e. The van der Waals surface area contributed by atoms with Crippen molar-refractivity contribution in [3.05, 3.63) is 52.6 Å². The van der Waals surface area contributed by atoms with Gasteiger partial charge in [0.2, 0.25) is 0 Å². The van der Waals surface area contributed by atoms with Gasteiger partial charge in [-0.25, -0.2) is 4.39 Å². The van der Waals surface area contributed by atoms with Crippen LogP contribution in [-0.4, -0.2) is 11.3 Å². The van der Waals surface area contributed by atoms with E-state index in [1.807, 2.05) is 0 Å². The van der Waals surface area contributed by atoms with Gasteiger partial charge >= 0.3 is 0 Å². The first-order valence-corrected chi connectivity index (χ1v) is 5.37. The molecule has 0 saturated heterocycles. The van der Waals surface area contributed by atoms with Crippen LogP contribution in [0.15, 0.2) is 30.5 Å². The predicted molar refractivity (Wildman–Crippen MR) is 64.8 cm³/mol. The molecule has 0 amide bonds. The van der Waals surface area contributed by atoms with E-state index >= 15 is 0 Å². The first-order valence-electron chi connectivity index (χ1n) is 4.99. The molecule has 0 fully saturated rings. The molecule has 2 nitrogen and oxygen atoms in total. The van der Waals surface area contributed by atoms with E-state index in [4.69, 9.17) is 11.6 Å². The van der Waals surface area contributed by atoms with Crippen LogP contribution in [-0.2, 0) is 0 Å². The fourth-order valence-electron chi connectivity index (χ4n) is 1.61. The van der Waals surface area contributed by atoms with Gasteiger partial charge in [0, 0.05) is 28.0 Å². The fourth-order valence-corrected chi connectivity index (χ4v) is 1.76. The van der Waals surface area contributed by atoms with Crippen molar-refractivity contribution in [2.24, 2.45) is 0 Å². The van der Waals surface area contributed by atoms with Crippen molar-refractivity contribution in [1.82, 2.24) is 4.98 Å². The molecule has 0 atom stereocenters. The quantitative estimate of drug-likeness (QED) is 0.761. The molecule has 0 bridgehead atoms. The van der Waals surface area contributed by atoms with Crippen LogP contribution in [0.2, 0.25) is 5.02 Å². The lowest BCUT2D eigenvalue weighted by atomic mass is 10.0. The second kappa shape index (κ2) is 4.63. The van der Waals surface area contributed by atoms with Gasteiger partial charge in [-0.2, -0.15) is 0 Å². The number of aryl methyl sites for hydroxylation is 1. The first-order chi connectivity index (χ1) is 8.11. The standard InChI is InChI=1S/C13H9ClFNO/c1-8-4-12(9(7-17)6-16-8)11-3-2-10(14)5-13(11)15/h2-7H,1H3. The van der Waals surface area contributed by atoms with E-state index in [1.165, 1.54) is 12.3 Å². The molecule has 17 heavy (non-hydrogen) atoms. The van der Waals surface area contributed by atoms with Gasteiger partial charge in [-0.1, -0.05) is 11.6 Å². The molecule has 2 aromatic rings. The number of rotatable bonds is 2. The van der Waals surface area contributed by atoms with Crippen molar-refractivity contribution in [3.63, 3.8) is 0 Å². The molecule has 0 aliphatic heterocycles. The summed E-state index contributed by atoms with van der Waals surface area (Å²) in [6, 6.07) is 6.04. The molecule has 86 valence electrons. The lowest BCUT2D eigenvalue weighted by molar-refractivity contribution is 0.112. The molecule has 0 radical (unpaired) electrons. The Kier molecular flexibility index (Phi) is 3.20. The third kappa shape index (κ3) is 2.34. The highest BCUT2D eigenvalue weighted by atomic mass is 35.5. The Balaban J connectivity index is 2.66. The Bertz CT molecular complexity index is 584. The number of carbonyl (C=O) groups is 1. The van der Waals surface area contributed by atoms with Crippen molar-refractivity contribution in [2.75, 3.05) is 0 Å². The Morgan fingerprint density at radius 2 is 2.06 bits per heavy atom. The molecule has 0 aliphatic carbocycles. The van der Waals surface area contributed by atoms with E-state index in [-0.39, 0.29) is 0 Å². The summed E-state index contributed by atoms with van der Waals surface area (Å²) in [5.41, 5.74) is 1.96. The van der Waals surface area contributed by atoms with Gasteiger partial charge in [-0.05, 0) is 36.8 Å². The average Bonchev–Trinajstić information content (AvgIpc) is 2.29. The van der Waals surface area contributed by atoms with E-state index in [2.05, 4.69) is 4.98 Å². The molecule has 1 aromatic carbocycles. The fraction of sp³-hybridized carbons (Fsp3) is 0.0769. The summed E-state index contributed by atoms with van der Waals surface area (Å²) in [5, 5.41) is 0.324. The summed E-state index contributed by atoms with van der Waals surface area (Å²) in [7, 11) is 0. The Labute approximate surface area is 103 Å². The molecular formula is C13H9ClFNO. The van der Waals surface area contributed by atoms with Gasteiger partial charge in [0.1, 0.15) is 5.82 Å². The molecule has 0 saturated carbocycles. The third-order valence-electron chi connectivity index (χ3n) is 2.42. The van der Waals surface area contributed by atoms with Crippen LogP contribution >= 0.6 is 11.6 Å². The maximum Gasteiger partial charge on any atom is 0.152 e. The molecule has 0 aliphatic rings. The zero-order valence-corrected chi connectivity index (χ0v) is 9.83. The lowest BCUT2D eigenvalue weighted by Crippen LogP contribution is -1.94. The molecule has 1 aromatic heterocycles. The van der Waals surface area contributed by atoms with E-state index in [0.29, 0.717) is 28.0 Å². The van der Waals surface area contributed by atoms with Crippen molar-refractivity contribution in [3.8, 4) is 11.1 Å². The van der Waals surface area contributed by atoms with Crippen molar-refractivity contribution < 1.29 is 9.18 Å².